The number of anilines is 1. The van der Waals surface area contributed by atoms with E-state index in [0.717, 1.165) is 17.2 Å². The fourth-order valence-corrected chi connectivity index (χ4v) is 4.10. The molecule has 3 N–H and O–H groups in total. The second kappa shape index (κ2) is 9.20. The molecule has 3 rings (SSSR count). The van der Waals surface area contributed by atoms with Crippen LogP contribution < -0.4 is 10.0 Å². The van der Waals surface area contributed by atoms with E-state index < -0.39 is 21.9 Å². The lowest BCUT2D eigenvalue weighted by Gasteiger charge is -2.13. The Morgan fingerprint density at radius 3 is 2.32 bits per heavy atom. The maximum absolute atomic E-state index is 12.8. The highest BCUT2D eigenvalue weighted by Gasteiger charge is 2.21. The molecule has 0 saturated heterocycles. The molecule has 0 heterocycles. The molecule has 0 aromatic heterocycles. The van der Waals surface area contributed by atoms with E-state index in [0.29, 0.717) is 0 Å². The van der Waals surface area contributed by atoms with Crippen LogP contribution in [0.4, 0.5) is 5.69 Å². The Labute approximate surface area is 184 Å². The number of benzene rings is 3. The van der Waals surface area contributed by atoms with Crippen molar-refractivity contribution in [1.29, 1.82) is 0 Å². The van der Waals surface area contributed by atoms with Crippen molar-refractivity contribution in [3.8, 4) is 0 Å². The number of hydrogen-bond donors (Lipinski definition) is 3. The number of sulfonamides is 1. The summed E-state index contributed by atoms with van der Waals surface area (Å²) in [5, 5.41) is 11.9. The van der Waals surface area contributed by atoms with Gasteiger partial charge in [0.1, 0.15) is 0 Å². The highest BCUT2D eigenvalue weighted by molar-refractivity contribution is 7.92. The van der Waals surface area contributed by atoms with E-state index in [1.165, 1.54) is 24.3 Å². The van der Waals surface area contributed by atoms with Crippen LogP contribution in [0.15, 0.2) is 71.6 Å². The van der Waals surface area contributed by atoms with Gasteiger partial charge in [0.25, 0.3) is 15.9 Å². The fraction of sp³-hybridized carbons (Fsp3) is 0.0909. The first-order chi connectivity index (χ1) is 14.7. The zero-order valence-corrected chi connectivity index (χ0v) is 18.0. The highest BCUT2D eigenvalue weighted by atomic mass is 35.5. The van der Waals surface area contributed by atoms with Crippen LogP contribution >= 0.6 is 11.6 Å². The number of para-hydroxylation sites is 1. The topological polar surface area (TPSA) is 113 Å². The minimum Gasteiger partial charge on any atom is -0.478 e. The van der Waals surface area contributed by atoms with Crippen LogP contribution in [0.3, 0.4) is 0 Å². The molecule has 9 heteroatoms. The Morgan fingerprint density at radius 1 is 0.968 bits per heavy atom. The van der Waals surface area contributed by atoms with Crippen molar-refractivity contribution < 1.29 is 23.1 Å². The zero-order valence-electron chi connectivity index (χ0n) is 16.4. The molecule has 0 aliphatic rings. The monoisotopic (exact) mass is 458 g/mol. The summed E-state index contributed by atoms with van der Waals surface area (Å²) in [6.07, 6.45) is 0. The van der Waals surface area contributed by atoms with E-state index in [1.54, 1.807) is 12.1 Å². The third-order valence-electron chi connectivity index (χ3n) is 4.47. The summed E-state index contributed by atoms with van der Waals surface area (Å²) in [6, 6.07) is 17.1. The van der Waals surface area contributed by atoms with Gasteiger partial charge in [-0.15, -0.1) is 0 Å². The van der Waals surface area contributed by atoms with Crippen LogP contribution in [0.25, 0.3) is 0 Å². The van der Waals surface area contributed by atoms with Crippen LogP contribution in [0, 0.1) is 6.92 Å². The largest absolute Gasteiger partial charge is 0.478 e. The minimum atomic E-state index is -4.17. The van der Waals surface area contributed by atoms with Gasteiger partial charge in [-0.25, -0.2) is 13.2 Å². The van der Waals surface area contributed by atoms with Crippen LogP contribution in [0.2, 0.25) is 5.02 Å². The van der Waals surface area contributed by atoms with Crippen molar-refractivity contribution in [1.82, 2.24) is 5.32 Å². The van der Waals surface area contributed by atoms with Gasteiger partial charge in [0.05, 0.1) is 26.7 Å². The summed E-state index contributed by atoms with van der Waals surface area (Å²) in [6.45, 7) is 2.24. The predicted octanol–water partition coefficient (Wildman–Crippen LogP) is 4.08. The molecule has 31 heavy (non-hydrogen) atoms. The summed E-state index contributed by atoms with van der Waals surface area (Å²) >= 11 is 5.81. The molecule has 0 fully saturated rings. The number of rotatable bonds is 7. The van der Waals surface area contributed by atoms with Crippen molar-refractivity contribution in [3.05, 3.63) is 94.0 Å². The molecule has 0 unspecified atom stereocenters. The number of carbonyl (C=O) groups excluding carboxylic acids is 1. The smallest absolute Gasteiger partial charge is 0.337 e. The molecule has 3 aromatic rings. The van der Waals surface area contributed by atoms with Gasteiger partial charge < -0.3 is 10.4 Å². The number of carboxylic acid groups (broad SMARTS) is 1. The molecule has 0 spiro atoms. The molecule has 7 nitrogen and oxygen atoms in total. The van der Waals surface area contributed by atoms with Gasteiger partial charge in [-0.1, -0.05) is 53.6 Å². The lowest BCUT2D eigenvalue weighted by Crippen LogP contribution is -2.25. The number of carboxylic acids is 1. The average molecular weight is 459 g/mol. The van der Waals surface area contributed by atoms with Gasteiger partial charge in [-0.2, -0.15) is 0 Å². The average Bonchev–Trinajstić information content (AvgIpc) is 2.73. The molecular weight excluding hydrogens is 440 g/mol. The Morgan fingerprint density at radius 2 is 1.65 bits per heavy atom. The van der Waals surface area contributed by atoms with E-state index in [1.807, 2.05) is 31.2 Å². The second-order valence-electron chi connectivity index (χ2n) is 6.77. The van der Waals surface area contributed by atoms with E-state index in [4.69, 9.17) is 11.6 Å². The molecule has 0 aliphatic carbocycles. The highest BCUT2D eigenvalue weighted by Crippen LogP contribution is 2.24. The lowest BCUT2D eigenvalue weighted by molar-refractivity contribution is 0.0696. The summed E-state index contributed by atoms with van der Waals surface area (Å²) in [4.78, 5) is 23.6. The van der Waals surface area contributed by atoms with E-state index in [2.05, 4.69) is 10.0 Å². The molecule has 0 saturated carbocycles. The molecule has 0 atom stereocenters. The third kappa shape index (κ3) is 5.42. The summed E-state index contributed by atoms with van der Waals surface area (Å²) in [7, 11) is -4.17. The summed E-state index contributed by atoms with van der Waals surface area (Å²) in [5.74, 6) is -1.81. The Balaban J connectivity index is 1.82. The summed E-state index contributed by atoms with van der Waals surface area (Å²) in [5.41, 5.74) is 1.86. The quantitative estimate of drug-likeness (QED) is 0.494. The van der Waals surface area contributed by atoms with Crippen LogP contribution in [0.1, 0.15) is 31.8 Å². The molecule has 0 aliphatic heterocycles. The second-order valence-corrected chi connectivity index (χ2v) is 8.86. The molecule has 0 radical (unpaired) electrons. The van der Waals surface area contributed by atoms with Crippen LogP contribution in [0.5, 0.6) is 0 Å². The van der Waals surface area contributed by atoms with Gasteiger partial charge in [0.2, 0.25) is 0 Å². The van der Waals surface area contributed by atoms with Crippen LogP contribution in [-0.4, -0.2) is 25.4 Å². The normalized spacial score (nSPS) is 11.0. The molecule has 160 valence electrons. The SMILES string of the molecule is Cc1ccc(CNC(=O)c2ccccc2NS(=O)(=O)c2ccc(Cl)c(C(=O)O)c2)cc1. The first-order valence-electron chi connectivity index (χ1n) is 9.16. The Bertz CT molecular complexity index is 1240. The lowest BCUT2D eigenvalue weighted by atomic mass is 10.1. The number of aryl methyl sites for hydroxylation is 1. The first kappa shape index (κ1) is 22.3. The number of nitrogens with one attached hydrogen (secondary N) is 2. The van der Waals surface area contributed by atoms with E-state index in [9.17, 15) is 23.1 Å². The number of aromatic carboxylic acids is 1. The predicted molar refractivity (Wildman–Crippen MR) is 118 cm³/mol. The van der Waals surface area contributed by atoms with Crippen LogP contribution in [-0.2, 0) is 16.6 Å². The van der Waals surface area contributed by atoms with E-state index in [-0.39, 0.29) is 33.3 Å². The molecule has 3 aromatic carbocycles. The Kier molecular flexibility index (Phi) is 6.62. The summed E-state index contributed by atoms with van der Waals surface area (Å²) < 4.78 is 27.9. The fourth-order valence-electron chi connectivity index (χ4n) is 2.79. The number of hydrogen-bond acceptors (Lipinski definition) is 4. The van der Waals surface area contributed by atoms with Gasteiger partial charge in [-0.3, -0.25) is 9.52 Å². The zero-order chi connectivity index (χ0) is 22.6. The Hall–Kier alpha value is -3.36. The van der Waals surface area contributed by atoms with Gasteiger partial charge >= 0.3 is 5.97 Å². The maximum atomic E-state index is 12.8. The van der Waals surface area contributed by atoms with Gasteiger partial charge in [0.15, 0.2) is 0 Å². The molecule has 1 amide bonds. The van der Waals surface area contributed by atoms with E-state index >= 15 is 0 Å². The van der Waals surface area contributed by atoms with Crippen molar-refractivity contribution in [3.63, 3.8) is 0 Å². The van der Waals surface area contributed by atoms with Crippen molar-refractivity contribution >= 4 is 39.2 Å². The third-order valence-corrected chi connectivity index (χ3v) is 6.16. The first-order valence-corrected chi connectivity index (χ1v) is 11.0. The standard InChI is InChI=1S/C22H19ClN2O5S/c1-14-6-8-15(9-7-14)13-24-21(26)17-4-2-3-5-20(17)25-31(29,30)16-10-11-19(23)18(12-16)22(27)28/h2-12,25H,13H2,1H3,(H,24,26)(H,27,28). The van der Waals surface area contributed by atoms with Gasteiger partial charge in [0, 0.05) is 6.54 Å². The molecular formula is C22H19ClN2O5S. The van der Waals surface area contributed by atoms with Gasteiger partial charge in [-0.05, 0) is 42.8 Å². The number of halogens is 1. The van der Waals surface area contributed by atoms with Crippen molar-refractivity contribution in [2.45, 2.75) is 18.4 Å². The van der Waals surface area contributed by atoms with Crippen molar-refractivity contribution in [2.24, 2.45) is 0 Å². The number of carbonyl (C=O) groups is 2. The maximum Gasteiger partial charge on any atom is 0.337 e. The van der Waals surface area contributed by atoms with Crippen molar-refractivity contribution in [2.75, 3.05) is 4.72 Å². The minimum absolute atomic E-state index is 0.0655. The molecule has 0 bridgehead atoms. The number of amides is 1.